The molecule has 6 aliphatic heterocycles. The van der Waals surface area contributed by atoms with E-state index in [1.807, 2.05) is 59.1 Å². The number of nitrogens with zero attached hydrogens (tertiary/aromatic N) is 7. The highest BCUT2D eigenvalue weighted by atomic mass is 32.1. The first kappa shape index (κ1) is 96.6. The van der Waals surface area contributed by atoms with Gasteiger partial charge in [-0.25, -0.2) is 0 Å². The van der Waals surface area contributed by atoms with Crippen molar-refractivity contribution in [1.82, 2.24) is 23.5 Å². The van der Waals surface area contributed by atoms with Gasteiger partial charge in [0, 0.05) is 121 Å². The van der Waals surface area contributed by atoms with Crippen LogP contribution in [0.4, 0.5) is 0 Å². The number of terminal acetylenes is 5. The molecule has 0 unspecified atom stereocenters. The highest BCUT2D eigenvalue weighted by Gasteiger charge is 2.47. The Kier molecular flexibility index (Phi) is 24.0. The van der Waals surface area contributed by atoms with Gasteiger partial charge in [-0.3, -0.25) is 19.6 Å². The van der Waals surface area contributed by atoms with E-state index in [0.717, 1.165) is 36.5 Å². The van der Waals surface area contributed by atoms with Crippen molar-refractivity contribution in [2.24, 2.45) is 31.1 Å². The van der Waals surface area contributed by atoms with Crippen LogP contribution in [0.15, 0.2) is 287 Å². The van der Waals surface area contributed by atoms with E-state index in [4.69, 9.17) is 32.1 Å². The molecule has 710 valence electrons. The molecule has 10 aromatic carbocycles. The van der Waals surface area contributed by atoms with E-state index < -0.39 is 24.2 Å². The lowest BCUT2D eigenvalue weighted by Gasteiger charge is -2.24. The molecule has 9 aliphatic rings. The maximum Gasteiger partial charge on any atom is 0.261 e. The maximum atomic E-state index is 11.6. The molecule has 0 saturated carbocycles. The lowest BCUT2D eigenvalue weighted by molar-refractivity contribution is -0.123. The van der Waals surface area contributed by atoms with E-state index in [2.05, 4.69) is 391 Å². The molecule has 9 aromatic heterocycles. The Morgan fingerprint density at radius 1 is 0.359 bits per heavy atom. The third-order valence-electron chi connectivity index (χ3n) is 31.2. The summed E-state index contributed by atoms with van der Waals surface area (Å²) in [5, 5.41) is 23.0. The number of fused-ring (bicyclic) bond motifs is 29. The first-order valence-corrected chi connectivity index (χ1v) is 62.5. The van der Waals surface area contributed by atoms with Crippen LogP contribution in [0.1, 0.15) is 112 Å². The first-order valence-electron chi connectivity index (χ1n) is 48.4. The van der Waals surface area contributed by atoms with Crippen molar-refractivity contribution >= 4 is 217 Å². The summed E-state index contributed by atoms with van der Waals surface area (Å²) in [7, 11) is 4.87. The second-order valence-corrected chi connectivity index (χ2v) is 60.1. The van der Waals surface area contributed by atoms with Gasteiger partial charge in [0.05, 0.1) is 57.1 Å². The van der Waals surface area contributed by atoms with Crippen LogP contribution >= 0.6 is 68.0 Å². The molecular weight excluding hydrogens is 1930 g/mol. The van der Waals surface area contributed by atoms with Crippen molar-refractivity contribution in [2.45, 2.75) is 97.1 Å². The van der Waals surface area contributed by atoms with E-state index in [9.17, 15) is 9.59 Å². The summed E-state index contributed by atoms with van der Waals surface area (Å²) in [5.74, 6) is 12.7. The molecule has 0 N–H and O–H groups in total. The fourth-order valence-electron chi connectivity index (χ4n) is 23.1. The SMILES string of the molecule is C#CC1=C2C(=O)N(C)C=C2C(=O)N1C.C#Cc1cc2c(s1)-c1sccc1C2(C)C.C#Cc1cc2c(s1)-c1sccc1[Si]2(C)C.C#Cc1cc2c(s1)c1sccc1n2C.C#Cc1cccc2c1=NCN=2.C=Cc1ccc2c(c1)C(C)(C)c1cc3c(cc1-2)C(C)(C)c1ccccc1-3.C=Cc1ccc2c(c1)[Si](C)(C)c1cc3c(cc1-2)[Si](C)(C)c1ccccc1-3.C=Cc1ccc2c3cc4c(cc3n(C)c2c1)c1ccccc1n4C. The van der Waals surface area contributed by atoms with Crippen LogP contribution in [0.3, 0.4) is 0 Å². The summed E-state index contributed by atoms with van der Waals surface area (Å²) in [4.78, 5) is 43.1. The average Bonchev–Trinajstić information content (AvgIpc) is 1.54. The number of para-hydroxylation sites is 2. The summed E-state index contributed by atoms with van der Waals surface area (Å²) in [6, 6.07) is 80.5. The molecule has 3 aliphatic carbocycles. The molecule has 9 nitrogen and oxygen atoms in total. The molecule has 145 heavy (non-hydrogen) atoms. The smallest absolute Gasteiger partial charge is 0.261 e. The topological polar surface area (TPSA) is 80.1 Å². The van der Waals surface area contributed by atoms with Crippen LogP contribution < -0.4 is 41.8 Å². The zero-order chi connectivity index (χ0) is 102. The third-order valence-corrected chi connectivity index (χ3v) is 48.5. The molecule has 28 rings (SSSR count). The van der Waals surface area contributed by atoms with Crippen molar-refractivity contribution in [1.29, 1.82) is 0 Å². The quantitative estimate of drug-likeness (QED) is 0.130. The summed E-state index contributed by atoms with van der Waals surface area (Å²) in [6.45, 7) is 41.1. The second-order valence-electron chi connectivity index (χ2n) is 41.2. The monoisotopic (exact) mass is 2040 g/mol. The average molecular weight is 2040 g/mol. The van der Waals surface area contributed by atoms with E-state index in [-0.39, 0.29) is 28.1 Å². The summed E-state index contributed by atoms with van der Waals surface area (Å²) < 4.78 is 9.47. The number of allylic oxidation sites excluding steroid dienone is 1. The van der Waals surface area contributed by atoms with Crippen LogP contribution in [-0.4, -0.2) is 80.3 Å². The number of rotatable bonds is 3. The minimum atomic E-state index is -1.67. The fraction of sp³-hybridized carbons (Fsp3) is 0.165. The zero-order valence-electron chi connectivity index (χ0n) is 84.4. The Hall–Kier alpha value is -14.5. The van der Waals surface area contributed by atoms with Gasteiger partial charge in [0.2, 0.25) is 0 Å². The van der Waals surface area contributed by atoms with Crippen LogP contribution in [0.25, 0.3) is 146 Å². The van der Waals surface area contributed by atoms with Gasteiger partial charge in [0.1, 0.15) is 41.9 Å². The number of likely N-dealkylation sites (N-methyl/N-ethyl adjacent to an activating group) is 2. The number of hydrogen-bond acceptors (Lipinski definition) is 10. The van der Waals surface area contributed by atoms with E-state index in [0.29, 0.717) is 23.5 Å². The molecule has 0 atom stereocenters. The Balaban J connectivity index is 0.0000000993. The molecule has 15 heterocycles. The minimum absolute atomic E-state index is 0.0143. The first-order chi connectivity index (χ1) is 69.5. The molecule has 0 spiro atoms. The van der Waals surface area contributed by atoms with Gasteiger partial charge in [0.15, 0.2) is 0 Å². The highest BCUT2D eigenvalue weighted by Crippen LogP contribution is 2.58. The minimum Gasteiger partial charge on any atom is -0.344 e. The molecule has 0 bridgehead atoms. The van der Waals surface area contributed by atoms with Gasteiger partial charge in [-0.05, 0) is 221 Å². The van der Waals surface area contributed by atoms with Crippen LogP contribution in [-0.2, 0) is 47.0 Å². The van der Waals surface area contributed by atoms with E-state index in [1.54, 1.807) is 90.6 Å². The van der Waals surface area contributed by atoms with Gasteiger partial charge < -0.3 is 23.5 Å². The molecule has 0 saturated heterocycles. The Labute approximate surface area is 875 Å². The number of hydrogen-bond donors (Lipinski definition) is 0. The van der Waals surface area contributed by atoms with Gasteiger partial charge in [-0.15, -0.1) is 100 Å². The highest BCUT2D eigenvalue weighted by molar-refractivity contribution is 7.29. The second kappa shape index (κ2) is 36.1. The van der Waals surface area contributed by atoms with Crippen molar-refractivity contribution in [2.75, 3.05) is 20.8 Å². The number of aromatic nitrogens is 3. The Morgan fingerprint density at radius 2 is 0.883 bits per heavy atom. The Morgan fingerprint density at radius 3 is 1.57 bits per heavy atom. The van der Waals surface area contributed by atoms with Crippen molar-refractivity contribution in [3.8, 4) is 126 Å². The number of benzene rings is 10. The predicted octanol–water partition coefficient (Wildman–Crippen LogP) is 26.2. The van der Waals surface area contributed by atoms with Crippen molar-refractivity contribution in [3.63, 3.8) is 0 Å². The maximum absolute atomic E-state index is 11.6. The number of aryl methyl sites for hydroxylation is 3. The fourth-order valence-corrected chi connectivity index (χ4v) is 40.5. The van der Waals surface area contributed by atoms with Gasteiger partial charge in [-0.2, -0.15) is 0 Å². The number of carbonyl (C=O) groups is 2. The normalized spacial score (nSPS) is 15.4. The van der Waals surface area contributed by atoms with Crippen molar-refractivity contribution in [3.05, 3.63) is 358 Å². The molecule has 2 amide bonds. The van der Waals surface area contributed by atoms with Gasteiger partial charge >= 0.3 is 0 Å². The lowest BCUT2D eigenvalue weighted by atomic mass is 9.79. The molecule has 0 radical (unpaired) electrons. The van der Waals surface area contributed by atoms with Gasteiger partial charge in [0.25, 0.3) is 11.8 Å². The third kappa shape index (κ3) is 15.3. The van der Waals surface area contributed by atoms with Gasteiger partial charge in [-0.1, -0.05) is 288 Å². The summed E-state index contributed by atoms with van der Waals surface area (Å²) in [5.41, 5.74) is 33.5. The molecule has 19 aromatic rings. The van der Waals surface area contributed by atoms with Crippen LogP contribution in [0.2, 0.25) is 39.3 Å². The van der Waals surface area contributed by atoms with Crippen LogP contribution in [0.5, 0.6) is 0 Å². The van der Waals surface area contributed by atoms with E-state index >= 15 is 0 Å². The number of amides is 2. The largest absolute Gasteiger partial charge is 0.344 e. The molecule has 18 heteroatoms. The predicted molar refractivity (Wildman–Crippen MR) is 632 cm³/mol. The molecular formula is C127H107N7O2S6Si3. The summed E-state index contributed by atoms with van der Waals surface area (Å²) in [6.07, 6.45) is 34.2. The molecule has 0 fully saturated rings. The standard InChI is InChI=1S/C26H24.C24H24Si2.C22H18N2.C13H10S2.C12H10S2Si.C11H7NS2.C10H8N2O2.C9H6N2/c2*1-6-16-11-12-18-20-15-23-19(14-24(20)26(4,5)22(18)13-16)17-9-7-8-10-21(17)25(23,2)3;1-4-14-9-10-16-18-13-21-17(12-22(18)24(3)20(16)11-14)15-7-5-6-8-19(15)23(21)2;1-4-8-7-10-12(15-8)11-9(5-6-14-11)13(10,2)3;1-4-8-7-10-12(14-8)11-9(5-6-13-11)15(10,2)3;1-3-7-6-9-11(14-7)10-8(12(9)2)4-5-13-10;1-4-7-8-6(9(13)12(7)3)5-11(2)10(8)14;1-2-7-4-3-5-8-9(7)11-6-10-8/h2*6-15H,1H2,2-5H3;4-13H,1H2,2-3H3;2*1,5-7H,2-3H3;1,4-6H,2H3;1,5H,2-3H3;1,3-5H,6H2. The zero-order valence-corrected chi connectivity index (χ0v) is 92.3. The number of thiophene rings is 6. The van der Waals surface area contributed by atoms with E-state index in [1.165, 1.54) is 189 Å². The Bertz CT molecular complexity index is 9050. The number of carbonyl (C=O) groups excluding carboxylic acids is 2. The summed E-state index contributed by atoms with van der Waals surface area (Å²) >= 11 is 10.7. The van der Waals surface area contributed by atoms with Crippen LogP contribution in [0, 0.1) is 61.7 Å². The lowest BCUT2D eigenvalue weighted by Crippen LogP contribution is -2.51. The van der Waals surface area contributed by atoms with Crippen molar-refractivity contribution < 1.29 is 9.59 Å².